The summed E-state index contributed by atoms with van der Waals surface area (Å²) in [6, 6.07) is 37.7. The third-order valence-corrected chi connectivity index (χ3v) is 10.7. The van der Waals surface area contributed by atoms with E-state index in [4.69, 9.17) is 14.8 Å². The molecule has 0 N–H and O–H groups in total. The number of pyridine rings is 1. The Labute approximate surface area is 348 Å². The van der Waals surface area contributed by atoms with Gasteiger partial charge in [-0.05, 0) is 88.9 Å². The van der Waals surface area contributed by atoms with Gasteiger partial charge < -0.3 is 9.30 Å². The summed E-state index contributed by atoms with van der Waals surface area (Å²) in [4.78, 5) is 4.93. The van der Waals surface area contributed by atoms with Crippen LogP contribution >= 0.6 is 0 Å². The van der Waals surface area contributed by atoms with Gasteiger partial charge in [-0.1, -0.05) is 123 Å². The van der Waals surface area contributed by atoms with Crippen molar-refractivity contribution in [2.75, 3.05) is 0 Å². The first-order valence-corrected chi connectivity index (χ1v) is 20.1. The Balaban J connectivity index is 0.00000532. The Hall–Kier alpha value is -4.47. The van der Waals surface area contributed by atoms with Crippen molar-refractivity contribution >= 4 is 21.8 Å². The number of aromatic nitrogens is 4. The Morgan fingerprint density at radius 2 is 1.52 bits per heavy atom. The third kappa shape index (κ3) is 8.59. The van der Waals surface area contributed by atoms with E-state index in [0.29, 0.717) is 11.5 Å². The molecule has 0 spiro atoms. The molecule has 3 heterocycles. The number of aryl methyl sites for hydroxylation is 2. The van der Waals surface area contributed by atoms with E-state index >= 15 is 0 Å². The Morgan fingerprint density at radius 3 is 2.21 bits per heavy atom. The average Bonchev–Trinajstić information content (AvgIpc) is 3.66. The minimum atomic E-state index is -0.130. The van der Waals surface area contributed by atoms with Gasteiger partial charge in [-0.25, -0.2) is 4.98 Å². The summed E-state index contributed by atoms with van der Waals surface area (Å²) in [6.45, 7) is 22.3. The molecule has 56 heavy (non-hydrogen) atoms. The van der Waals surface area contributed by atoms with E-state index in [1.807, 2.05) is 12.3 Å². The molecule has 0 radical (unpaired) electrons. The van der Waals surface area contributed by atoms with Crippen molar-refractivity contribution in [1.82, 2.24) is 19.3 Å². The second-order valence-electron chi connectivity index (χ2n) is 17.6. The topological polar surface area (TPSA) is 44.9 Å². The van der Waals surface area contributed by atoms with Gasteiger partial charge in [0.15, 0.2) is 0 Å². The van der Waals surface area contributed by atoms with Gasteiger partial charge in [0.1, 0.15) is 5.82 Å². The van der Waals surface area contributed by atoms with Gasteiger partial charge >= 0.3 is 21.1 Å². The first kappa shape index (κ1) is 41.2. The van der Waals surface area contributed by atoms with Crippen LogP contribution in [0.3, 0.4) is 0 Å². The zero-order valence-electron chi connectivity index (χ0n) is 34.8. The summed E-state index contributed by atoms with van der Waals surface area (Å²) in [5.74, 6) is 2.88. The zero-order chi connectivity index (χ0) is 39.1. The molecule has 5 nitrogen and oxygen atoms in total. The number of hydrogen-bond acceptors (Lipinski definition) is 3. The van der Waals surface area contributed by atoms with Crippen molar-refractivity contribution in [3.63, 3.8) is 0 Å². The van der Waals surface area contributed by atoms with Crippen LogP contribution in [0.25, 0.3) is 44.4 Å². The van der Waals surface area contributed by atoms with Gasteiger partial charge in [-0.2, -0.15) is 11.2 Å². The second kappa shape index (κ2) is 16.6. The zero-order valence-corrected chi connectivity index (χ0v) is 37.1. The Kier molecular flexibility index (Phi) is 12.2. The van der Waals surface area contributed by atoms with Crippen LogP contribution in [-0.2, 0) is 44.7 Å². The predicted octanol–water partition coefficient (Wildman–Crippen LogP) is 13.3. The largest absolute Gasteiger partial charge is 2.00 e. The SMILES string of the molecule is CCc1c(-c2ccccc2)c(C)nn1-c1[c-]c(Oc2[c-]c3c(cc2)c2cc(CCCCC(C)C)ccc2n3-c2cc(C(C)(C)C)ccn2)cc(C(C)(C)C)c1.[Pt+2]. The van der Waals surface area contributed by atoms with Gasteiger partial charge in [-0.15, -0.1) is 41.3 Å². The molecule has 3 aromatic heterocycles. The van der Waals surface area contributed by atoms with Crippen LogP contribution in [0.15, 0.2) is 91.1 Å². The summed E-state index contributed by atoms with van der Waals surface area (Å²) < 4.78 is 11.1. The normalized spacial score (nSPS) is 12.1. The molecule has 0 fully saturated rings. The van der Waals surface area contributed by atoms with Crippen molar-refractivity contribution in [2.45, 2.75) is 112 Å². The molecule has 0 unspecified atom stereocenters. The first-order chi connectivity index (χ1) is 26.2. The molecule has 0 saturated carbocycles. The fourth-order valence-corrected chi connectivity index (χ4v) is 7.64. The maximum absolute atomic E-state index is 6.77. The third-order valence-electron chi connectivity index (χ3n) is 10.7. The average molecular weight is 924 g/mol. The van der Waals surface area contributed by atoms with Gasteiger partial charge in [0.25, 0.3) is 0 Å². The van der Waals surface area contributed by atoms with E-state index in [1.54, 1.807) is 0 Å². The minimum absolute atomic E-state index is 0. The number of hydrogen-bond donors (Lipinski definition) is 0. The van der Waals surface area contributed by atoms with Crippen LogP contribution in [0.2, 0.25) is 0 Å². The van der Waals surface area contributed by atoms with Crippen LogP contribution in [0.4, 0.5) is 0 Å². The fourth-order valence-electron chi connectivity index (χ4n) is 7.64. The number of ether oxygens (including phenoxy) is 1. The van der Waals surface area contributed by atoms with Gasteiger partial charge in [0, 0.05) is 34.5 Å². The number of rotatable bonds is 11. The summed E-state index contributed by atoms with van der Waals surface area (Å²) in [5.41, 5.74) is 11.0. The molecule has 292 valence electrons. The van der Waals surface area contributed by atoms with Crippen LogP contribution in [0.5, 0.6) is 11.5 Å². The van der Waals surface area contributed by atoms with E-state index < -0.39 is 0 Å². The number of fused-ring (bicyclic) bond motifs is 3. The van der Waals surface area contributed by atoms with Gasteiger partial charge in [0.2, 0.25) is 0 Å². The van der Waals surface area contributed by atoms with E-state index in [-0.39, 0.29) is 31.9 Å². The number of nitrogens with zero attached hydrogens (tertiary/aromatic N) is 4. The van der Waals surface area contributed by atoms with Crippen LogP contribution in [-0.4, -0.2) is 19.3 Å². The monoisotopic (exact) mass is 923 g/mol. The summed E-state index contributed by atoms with van der Waals surface area (Å²) in [7, 11) is 0. The molecule has 0 aliphatic heterocycles. The molecule has 0 bridgehead atoms. The van der Waals surface area contributed by atoms with Crippen molar-refractivity contribution < 1.29 is 25.8 Å². The maximum atomic E-state index is 6.77. The quantitative estimate of drug-likeness (QED) is 0.0959. The minimum Gasteiger partial charge on any atom is -0.509 e. The molecule has 0 saturated heterocycles. The van der Waals surface area contributed by atoms with Gasteiger partial charge in [-0.3, -0.25) is 4.68 Å². The molecular weight excluding hydrogens is 868 g/mol. The molecule has 0 atom stereocenters. The molecule has 0 amide bonds. The molecule has 6 heteroatoms. The molecule has 0 aliphatic rings. The maximum Gasteiger partial charge on any atom is 2.00 e. The van der Waals surface area contributed by atoms with Crippen LogP contribution in [0, 0.1) is 25.0 Å². The van der Waals surface area contributed by atoms with E-state index in [0.717, 1.165) is 63.6 Å². The summed E-state index contributed by atoms with van der Waals surface area (Å²) in [5, 5.41) is 7.43. The van der Waals surface area contributed by atoms with Crippen molar-refractivity contribution in [1.29, 1.82) is 0 Å². The fraction of sp³-hybridized carbons (Fsp3) is 0.360. The van der Waals surface area contributed by atoms with Crippen LogP contribution < -0.4 is 4.74 Å². The molecule has 4 aromatic carbocycles. The van der Waals surface area contributed by atoms with Crippen molar-refractivity contribution in [3.8, 4) is 34.1 Å². The van der Waals surface area contributed by atoms with E-state index in [9.17, 15) is 0 Å². The predicted molar refractivity (Wildman–Crippen MR) is 229 cm³/mol. The van der Waals surface area contributed by atoms with E-state index in [2.05, 4.69) is 169 Å². The standard InChI is InChI=1S/C50H56N4O.Pt/c1-11-44-48(36-19-13-12-14-20-36)34(4)52-54(44)39-28-38(50(8,9)10)29-41(31-39)55-40-22-23-42-43-27-35(18-16-15-17-33(2)3)21-24-45(43)53(46(42)32-40)47-30-37(25-26-51-47)49(5,6)7;/h12-14,19-30,33H,11,15-18H2,1-10H3;/q-2;+2. The van der Waals surface area contributed by atoms with Gasteiger partial charge in [0.05, 0.1) is 5.69 Å². The second-order valence-corrected chi connectivity index (χ2v) is 17.6. The summed E-state index contributed by atoms with van der Waals surface area (Å²) in [6.07, 6.45) is 7.54. The molecular formula is C50H56N4OPt. The molecule has 0 aliphatic carbocycles. The van der Waals surface area contributed by atoms with Crippen molar-refractivity contribution in [2.24, 2.45) is 5.92 Å². The number of benzene rings is 4. The molecule has 7 aromatic rings. The first-order valence-electron chi connectivity index (χ1n) is 20.1. The van der Waals surface area contributed by atoms with E-state index in [1.165, 1.54) is 46.9 Å². The van der Waals surface area contributed by atoms with Crippen LogP contribution in [0.1, 0.15) is 110 Å². The molecule has 7 rings (SSSR count). The number of unbranched alkanes of at least 4 members (excludes halogenated alkanes) is 1. The Bertz CT molecular complexity index is 2460. The Morgan fingerprint density at radius 1 is 0.768 bits per heavy atom. The smallest absolute Gasteiger partial charge is 0.509 e. The van der Waals surface area contributed by atoms with Crippen molar-refractivity contribution in [3.05, 3.63) is 131 Å². The summed E-state index contributed by atoms with van der Waals surface area (Å²) >= 11 is 0.